The highest BCUT2D eigenvalue weighted by Gasteiger charge is 2.35. The third kappa shape index (κ3) is 7.15. The molecule has 1 amide bonds. The maximum Gasteiger partial charge on any atom is 0.430 e. The van der Waals surface area contributed by atoms with Crippen LogP contribution in [-0.4, -0.2) is 36.2 Å². The summed E-state index contributed by atoms with van der Waals surface area (Å²) in [7, 11) is 0. The zero-order valence-corrected chi connectivity index (χ0v) is 16.2. The highest BCUT2D eigenvalue weighted by molar-refractivity contribution is 6.33. The van der Waals surface area contributed by atoms with Gasteiger partial charge in [0.2, 0.25) is 11.5 Å². The van der Waals surface area contributed by atoms with Crippen molar-refractivity contribution in [3.8, 4) is 0 Å². The monoisotopic (exact) mass is 434 g/mol. The first-order chi connectivity index (χ1) is 13.3. The van der Waals surface area contributed by atoms with Gasteiger partial charge < -0.3 is 20.5 Å². The Morgan fingerprint density at radius 3 is 2.45 bits per heavy atom. The number of amides is 1. The molecule has 1 aromatic carbocycles. The molecule has 3 N–H and O–H groups in total. The Morgan fingerprint density at radius 2 is 1.90 bits per heavy atom. The topological polar surface area (TPSA) is 108 Å². The van der Waals surface area contributed by atoms with E-state index in [0.717, 1.165) is 6.07 Å². The summed E-state index contributed by atoms with van der Waals surface area (Å²) < 4.78 is 47.1. The summed E-state index contributed by atoms with van der Waals surface area (Å²) in [6.45, 7) is 5.89. The fourth-order valence-corrected chi connectivity index (χ4v) is 1.99. The number of carbonyl (C=O) groups is 3. The normalized spacial score (nSPS) is 12.1. The molecule has 0 aromatic heterocycles. The maximum atomic E-state index is 12.4. The lowest BCUT2D eigenvalue weighted by atomic mass is 10.1. The molecule has 1 rings (SSSR count). The molecule has 0 aliphatic carbocycles. The van der Waals surface area contributed by atoms with Crippen molar-refractivity contribution in [3.05, 3.63) is 53.2 Å². The summed E-state index contributed by atoms with van der Waals surface area (Å²) in [4.78, 5) is 36.0. The minimum Gasteiger partial charge on any atom is -0.459 e. The van der Waals surface area contributed by atoms with Gasteiger partial charge in [-0.3, -0.25) is 4.79 Å². The van der Waals surface area contributed by atoms with Gasteiger partial charge in [0.15, 0.2) is 0 Å². The number of ether oxygens (including phenoxy) is 2. The summed E-state index contributed by atoms with van der Waals surface area (Å²) in [5.74, 6) is -3.02. The average molecular weight is 435 g/mol. The molecule has 1 aromatic rings. The summed E-state index contributed by atoms with van der Waals surface area (Å²) in [5.41, 5.74) is 1.23. The summed E-state index contributed by atoms with van der Waals surface area (Å²) in [5, 5.41) is 2.04. The minimum absolute atomic E-state index is 0.0513. The van der Waals surface area contributed by atoms with Crippen LogP contribution in [0.1, 0.15) is 24.2 Å². The van der Waals surface area contributed by atoms with E-state index in [0.29, 0.717) is 0 Å². The number of hydrogen-bond donors (Lipinski definition) is 2. The van der Waals surface area contributed by atoms with Gasteiger partial charge in [0.1, 0.15) is 12.3 Å². The standard InChI is InChI=1S/C18H18ClF3N2O5/c1-4-7-28-16(27)17(2,3)29-15(26)11-8-10(5-6-12(11)19)24-14(25)9-13(23)18(20,21)22/h4-6,8-9H,1,7,23H2,2-3H3,(H,24,25)/b13-9-. The number of carbonyl (C=O) groups excluding carboxylic acids is 3. The number of nitrogens with one attached hydrogen (secondary N) is 1. The molecule has 0 aliphatic rings. The Hall–Kier alpha value is -3.01. The molecule has 0 spiro atoms. The van der Waals surface area contributed by atoms with Crippen LogP contribution in [-0.2, 0) is 19.1 Å². The van der Waals surface area contributed by atoms with E-state index >= 15 is 0 Å². The molecule has 158 valence electrons. The van der Waals surface area contributed by atoms with Crippen LogP contribution in [0.3, 0.4) is 0 Å². The van der Waals surface area contributed by atoms with E-state index in [9.17, 15) is 27.6 Å². The Balaban J connectivity index is 2.99. The molecule has 0 fully saturated rings. The zero-order valence-electron chi connectivity index (χ0n) is 15.4. The van der Waals surface area contributed by atoms with Crippen LogP contribution in [0.5, 0.6) is 0 Å². The number of halogens is 4. The van der Waals surface area contributed by atoms with Crippen molar-refractivity contribution < 1.29 is 37.0 Å². The molecule has 0 bridgehead atoms. The molecule has 0 unspecified atom stereocenters. The maximum absolute atomic E-state index is 12.4. The Bertz CT molecular complexity index is 850. The summed E-state index contributed by atoms with van der Waals surface area (Å²) in [6, 6.07) is 3.54. The largest absolute Gasteiger partial charge is 0.459 e. The van der Waals surface area contributed by atoms with Crippen LogP contribution in [0.2, 0.25) is 5.02 Å². The van der Waals surface area contributed by atoms with E-state index in [1.54, 1.807) is 0 Å². The number of alkyl halides is 3. The fourth-order valence-electron chi connectivity index (χ4n) is 1.80. The number of benzene rings is 1. The molecule has 11 heteroatoms. The van der Waals surface area contributed by atoms with Gasteiger partial charge in [0.05, 0.1) is 10.6 Å². The number of anilines is 1. The van der Waals surface area contributed by atoms with Gasteiger partial charge in [-0.25, -0.2) is 9.59 Å². The van der Waals surface area contributed by atoms with Crippen LogP contribution >= 0.6 is 11.6 Å². The predicted molar refractivity (Wildman–Crippen MR) is 99.1 cm³/mol. The van der Waals surface area contributed by atoms with Crippen LogP contribution in [0.25, 0.3) is 0 Å². The molecule has 0 atom stereocenters. The summed E-state index contributed by atoms with van der Waals surface area (Å²) >= 11 is 5.94. The van der Waals surface area contributed by atoms with Crippen molar-refractivity contribution in [1.29, 1.82) is 0 Å². The highest BCUT2D eigenvalue weighted by atomic mass is 35.5. The number of hydrogen-bond acceptors (Lipinski definition) is 6. The van der Waals surface area contributed by atoms with Gasteiger partial charge >= 0.3 is 18.1 Å². The lowest BCUT2D eigenvalue weighted by Crippen LogP contribution is -2.39. The van der Waals surface area contributed by atoms with E-state index in [2.05, 4.69) is 11.9 Å². The molecular formula is C18H18ClF3N2O5. The van der Waals surface area contributed by atoms with Gasteiger partial charge in [0.25, 0.3) is 0 Å². The Labute approximate surface area is 169 Å². The van der Waals surface area contributed by atoms with E-state index < -0.39 is 35.3 Å². The summed E-state index contributed by atoms with van der Waals surface area (Å²) in [6.07, 6.45) is -3.37. The molecule has 0 radical (unpaired) electrons. The van der Waals surface area contributed by atoms with E-state index in [1.807, 2.05) is 0 Å². The lowest BCUT2D eigenvalue weighted by Gasteiger charge is -2.23. The third-order valence-corrected chi connectivity index (χ3v) is 3.57. The van der Waals surface area contributed by atoms with E-state index in [1.165, 1.54) is 32.1 Å². The third-order valence-electron chi connectivity index (χ3n) is 3.24. The Kier molecular flexibility index (Phi) is 7.84. The van der Waals surface area contributed by atoms with E-state index in [4.69, 9.17) is 26.8 Å². The number of esters is 2. The van der Waals surface area contributed by atoms with Crippen molar-refractivity contribution in [2.45, 2.75) is 25.6 Å². The number of rotatable bonds is 7. The quantitative estimate of drug-likeness (QED) is 0.387. The molecule has 29 heavy (non-hydrogen) atoms. The lowest BCUT2D eigenvalue weighted by molar-refractivity contribution is -0.161. The van der Waals surface area contributed by atoms with Crippen LogP contribution in [0.4, 0.5) is 18.9 Å². The first-order valence-corrected chi connectivity index (χ1v) is 8.32. The van der Waals surface area contributed by atoms with Crippen molar-refractivity contribution in [2.24, 2.45) is 5.73 Å². The van der Waals surface area contributed by atoms with Gasteiger partial charge in [-0.05, 0) is 32.0 Å². The smallest absolute Gasteiger partial charge is 0.430 e. The van der Waals surface area contributed by atoms with Gasteiger partial charge in [-0.2, -0.15) is 13.2 Å². The van der Waals surface area contributed by atoms with Crippen LogP contribution < -0.4 is 11.1 Å². The molecule has 7 nitrogen and oxygen atoms in total. The van der Waals surface area contributed by atoms with Gasteiger partial charge in [-0.15, -0.1) is 0 Å². The van der Waals surface area contributed by atoms with Crippen molar-refractivity contribution in [1.82, 2.24) is 0 Å². The second kappa shape index (κ2) is 9.46. The average Bonchev–Trinajstić information content (AvgIpc) is 2.59. The SMILES string of the molecule is C=CCOC(=O)C(C)(C)OC(=O)c1cc(NC(=O)/C=C(\N)C(F)(F)F)ccc1Cl. The Morgan fingerprint density at radius 1 is 1.28 bits per heavy atom. The second-order valence-electron chi connectivity index (χ2n) is 6.07. The predicted octanol–water partition coefficient (Wildman–Crippen LogP) is 3.35. The zero-order chi connectivity index (χ0) is 22.4. The minimum atomic E-state index is -4.86. The van der Waals surface area contributed by atoms with Crippen molar-refractivity contribution in [3.63, 3.8) is 0 Å². The molecule has 0 saturated carbocycles. The first-order valence-electron chi connectivity index (χ1n) is 7.94. The second-order valence-corrected chi connectivity index (χ2v) is 6.48. The highest BCUT2D eigenvalue weighted by Crippen LogP contribution is 2.25. The van der Waals surface area contributed by atoms with Crippen molar-refractivity contribution >= 4 is 35.1 Å². The van der Waals surface area contributed by atoms with Gasteiger partial charge in [-0.1, -0.05) is 24.3 Å². The van der Waals surface area contributed by atoms with Crippen LogP contribution in [0.15, 0.2) is 42.6 Å². The van der Waals surface area contributed by atoms with Gasteiger partial charge in [0, 0.05) is 11.8 Å². The first kappa shape index (κ1) is 24.0. The number of allylic oxidation sites excluding steroid dienone is 1. The van der Waals surface area contributed by atoms with E-state index in [-0.39, 0.29) is 29.0 Å². The number of nitrogens with two attached hydrogens (primary N) is 1. The molecular weight excluding hydrogens is 417 g/mol. The molecule has 0 aliphatic heterocycles. The fraction of sp³-hybridized carbons (Fsp3) is 0.278. The molecule has 0 saturated heterocycles. The van der Waals surface area contributed by atoms with Crippen LogP contribution in [0, 0.1) is 0 Å². The molecule has 0 heterocycles. The van der Waals surface area contributed by atoms with Crippen molar-refractivity contribution in [2.75, 3.05) is 11.9 Å².